The molecule has 1 fully saturated rings. The second-order valence-corrected chi connectivity index (χ2v) is 13.7. The van der Waals surface area contributed by atoms with Crippen LogP contribution in [0.25, 0.3) is 21.8 Å². The van der Waals surface area contributed by atoms with Crippen molar-refractivity contribution in [2.45, 2.75) is 71.3 Å². The van der Waals surface area contributed by atoms with E-state index in [1.165, 1.54) is 17.4 Å². The van der Waals surface area contributed by atoms with Crippen molar-refractivity contribution in [1.82, 2.24) is 15.0 Å². The zero-order chi connectivity index (χ0) is 27.5. The van der Waals surface area contributed by atoms with Crippen LogP contribution < -0.4 is 10.0 Å². The van der Waals surface area contributed by atoms with E-state index in [-0.39, 0.29) is 35.1 Å². The standard InChI is InChI=1S/C27H36FN5O3S2/c1-5-15-38(35,36)33-20-8-6-7-19(22(20)28)23-24(37-25(32-23)27(2,3)4)21-13-14-29-26(31-21)30-18-11-9-17(16-34)10-12-18/h6-8,13-14,17-18,33-34H,5,9-12,15-16H2,1-4H3,(H,29,30,31). The molecule has 0 radical (unpaired) electrons. The Morgan fingerprint density at radius 3 is 2.53 bits per heavy atom. The number of hydrogen-bond donors (Lipinski definition) is 3. The Bertz CT molecular complexity index is 1360. The molecule has 3 N–H and O–H groups in total. The number of aliphatic hydroxyl groups excluding tert-OH is 1. The van der Waals surface area contributed by atoms with Crippen LogP contribution >= 0.6 is 11.3 Å². The number of nitrogens with one attached hydrogen (secondary N) is 2. The van der Waals surface area contributed by atoms with Crippen molar-refractivity contribution in [1.29, 1.82) is 0 Å². The third kappa shape index (κ3) is 6.68. The van der Waals surface area contributed by atoms with Gasteiger partial charge in [-0.2, -0.15) is 0 Å². The summed E-state index contributed by atoms with van der Waals surface area (Å²) in [6, 6.07) is 6.66. The molecular weight excluding hydrogens is 525 g/mol. The van der Waals surface area contributed by atoms with Gasteiger partial charge >= 0.3 is 0 Å². The first-order chi connectivity index (χ1) is 18.0. The lowest BCUT2D eigenvalue weighted by molar-refractivity contribution is 0.185. The molecule has 11 heteroatoms. The molecule has 2 aromatic heterocycles. The van der Waals surface area contributed by atoms with Gasteiger partial charge in [0.25, 0.3) is 0 Å². The quantitative estimate of drug-likeness (QED) is 0.301. The van der Waals surface area contributed by atoms with Gasteiger partial charge in [-0.1, -0.05) is 33.8 Å². The molecule has 2 heterocycles. The normalized spacial score (nSPS) is 18.4. The van der Waals surface area contributed by atoms with E-state index in [1.807, 2.05) is 20.8 Å². The number of sulfonamides is 1. The van der Waals surface area contributed by atoms with Gasteiger partial charge in [0.05, 0.1) is 32.7 Å². The van der Waals surface area contributed by atoms with E-state index >= 15 is 4.39 Å². The predicted molar refractivity (Wildman–Crippen MR) is 151 cm³/mol. The van der Waals surface area contributed by atoms with Crippen LogP contribution in [0.5, 0.6) is 0 Å². The molecule has 4 rings (SSSR count). The highest BCUT2D eigenvalue weighted by Crippen LogP contribution is 2.42. The summed E-state index contributed by atoms with van der Waals surface area (Å²) in [5.41, 5.74) is 0.857. The number of anilines is 2. The molecule has 1 aliphatic carbocycles. The van der Waals surface area contributed by atoms with Gasteiger partial charge in [-0.15, -0.1) is 11.3 Å². The average molecular weight is 562 g/mol. The topological polar surface area (TPSA) is 117 Å². The van der Waals surface area contributed by atoms with E-state index in [0.29, 0.717) is 34.6 Å². The van der Waals surface area contributed by atoms with Crippen LogP contribution in [0, 0.1) is 11.7 Å². The summed E-state index contributed by atoms with van der Waals surface area (Å²) in [4.78, 5) is 14.7. The Labute approximate surface area is 228 Å². The molecule has 1 aromatic carbocycles. The molecule has 0 spiro atoms. The first-order valence-electron chi connectivity index (χ1n) is 13.0. The maximum Gasteiger partial charge on any atom is 0.232 e. The van der Waals surface area contributed by atoms with Gasteiger partial charge in [-0.3, -0.25) is 4.72 Å². The summed E-state index contributed by atoms with van der Waals surface area (Å²) in [5.74, 6) is 0.0823. The molecular formula is C27H36FN5O3S2. The molecule has 8 nitrogen and oxygen atoms in total. The zero-order valence-corrected chi connectivity index (χ0v) is 23.9. The van der Waals surface area contributed by atoms with Gasteiger partial charge in [-0.25, -0.2) is 27.8 Å². The fraction of sp³-hybridized carbons (Fsp3) is 0.519. The zero-order valence-electron chi connectivity index (χ0n) is 22.3. The molecule has 0 aliphatic heterocycles. The SMILES string of the molecule is CCCS(=O)(=O)Nc1cccc(-c2nc(C(C)(C)C)sc2-c2ccnc(NC3CCC(CO)CC3)n2)c1F. The molecule has 0 atom stereocenters. The van der Waals surface area contributed by atoms with Crippen molar-refractivity contribution in [3.05, 3.63) is 41.3 Å². The number of nitrogens with zero attached hydrogens (tertiary/aromatic N) is 3. The maximum absolute atomic E-state index is 15.8. The maximum atomic E-state index is 15.8. The van der Waals surface area contributed by atoms with Crippen molar-refractivity contribution >= 4 is 33.0 Å². The summed E-state index contributed by atoms with van der Waals surface area (Å²) in [7, 11) is -3.66. The monoisotopic (exact) mass is 561 g/mol. The summed E-state index contributed by atoms with van der Waals surface area (Å²) in [5, 5.41) is 13.6. The van der Waals surface area contributed by atoms with Gasteiger partial charge in [0.1, 0.15) is 0 Å². The molecule has 1 aliphatic rings. The van der Waals surface area contributed by atoms with E-state index < -0.39 is 15.8 Å². The van der Waals surface area contributed by atoms with E-state index in [2.05, 4.69) is 15.0 Å². The third-order valence-corrected chi connectivity index (χ3v) is 9.57. The Morgan fingerprint density at radius 1 is 1.13 bits per heavy atom. The first-order valence-corrected chi connectivity index (χ1v) is 15.5. The highest BCUT2D eigenvalue weighted by Gasteiger charge is 2.27. The lowest BCUT2D eigenvalue weighted by Gasteiger charge is -2.27. The fourth-order valence-corrected chi connectivity index (χ4v) is 6.74. The molecule has 3 aromatic rings. The summed E-state index contributed by atoms with van der Waals surface area (Å²) >= 11 is 1.45. The fourth-order valence-electron chi connectivity index (χ4n) is 4.50. The third-order valence-electron chi connectivity index (χ3n) is 6.59. The van der Waals surface area contributed by atoms with Gasteiger partial charge in [0.2, 0.25) is 16.0 Å². The molecule has 0 amide bonds. The molecule has 0 bridgehead atoms. The lowest BCUT2D eigenvalue weighted by Crippen LogP contribution is -2.28. The minimum Gasteiger partial charge on any atom is -0.396 e. The van der Waals surface area contributed by atoms with Crippen LogP contribution in [0.4, 0.5) is 16.0 Å². The number of benzene rings is 1. The van der Waals surface area contributed by atoms with Gasteiger partial charge in [-0.05, 0) is 56.2 Å². The van der Waals surface area contributed by atoms with E-state index in [4.69, 9.17) is 9.97 Å². The lowest BCUT2D eigenvalue weighted by atomic mass is 9.87. The molecule has 0 saturated heterocycles. The Balaban J connectivity index is 1.71. The van der Waals surface area contributed by atoms with E-state index in [0.717, 1.165) is 30.7 Å². The second-order valence-electron chi connectivity index (χ2n) is 10.8. The second kappa shape index (κ2) is 11.6. The number of aromatic nitrogens is 3. The minimum absolute atomic E-state index is 0.0921. The Morgan fingerprint density at radius 2 is 1.87 bits per heavy atom. The van der Waals surface area contributed by atoms with Crippen LogP contribution in [0.3, 0.4) is 0 Å². The summed E-state index contributed by atoms with van der Waals surface area (Å²) in [6.07, 6.45) is 5.89. The smallest absolute Gasteiger partial charge is 0.232 e. The van der Waals surface area contributed by atoms with Crippen LogP contribution in [0.2, 0.25) is 0 Å². The summed E-state index contributed by atoms with van der Waals surface area (Å²) in [6.45, 7) is 8.11. The molecule has 1 saturated carbocycles. The van der Waals surface area contributed by atoms with Crippen LogP contribution in [-0.2, 0) is 15.4 Å². The minimum atomic E-state index is -3.66. The molecule has 38 heavy (non-hydrogen) atoms. The number of aliphatic hydroxyl groups is 1. The van der Waals surface area contributed by atoms with Crippen LogP contribution in [-0.4, -0.2) is 46.9 Å². The van der Waals surface area contributed by atoms with Crippen molar-refractivity contribution in [3.63, 3.8) is 0 Å². The van der Waals surface area contributed by atoms with Crippen LogP contribution in [0.1, 0.15) is 64.8 Å². The number of hydrogen-bond acceptors (Lipinski definition) is 8. The number of halogens is 1. The van der Waals surface area contributed by atoms with Crippen molar-refractivity contribution < 1.29 is 17.9 Å². The number of thiazole rings is 1. The Kier molecular flexibility index (Phi) is 8.68. The van der Waals surface area contributed by atoms with Crippen LogP contribution in [0.15, 0.2) is 30.5 Å². The number of rotatable bonds is 9. The highest BCUT2D eigenvalue weighted by atomic mass is 32.2. The molecule has 206 valence electrons. The predicted octanol–water partition coefficient (Wildman–Crippen LogP) is 5.82. The van der Waals surface area contributed by atoms with Crippen molar-refractivity contribution in [3.8, 4) is 21.8 Å². The largest absolute Gasteiger partial charge is 0.396 e. The van der Waals surface area contributed by atoms with Gasteiger partial charge < -0.3 is 10.4 Å². The van der Waals surface area contributed by atoms with Gasteiger partial charge in [0, 0.05) is 29.8 Å². The van der Waals surface area contributed by atoms with Gasteiger partial charge in [0.15, 0.2) is 5.82 Å². The first kappa shape index (κ1) is 28.4. The average Bonchev–Trinajstić information content (AvgIpc) is 3.32. The summed E-state index contributed by atoms with van der Waals surface area (Å²) < 4.78 is 42.8. The van der Waals surface area contributed by atoms with E-state index in [1.54, 1.807) is 31.3 Å². The van der Waals surface area contributed by atoms with E-state index in [9.17, 15) is 13.5 Å². The van der Waals surface area contributed by atoms with Crippen molar-refractivity contribution in [2.24, 2.45) is 5.92 Å². The highest BCUT2D eigenvalue weighted by molar-refractivity contribution is 7.92. The molecule has 0 unspecified atom stereocenters. The van der Waals surface area contributed by atoms with Crippen molar-refractivity contribution in [2.75, 3.05) is 22.4 Å². The Hall–Kier alpha value is -2.63.